The van der Waals surface area contributed by atoms with Crippen molar-refractivity contribution in [2.75, 3.05) is 0 Å². The van der Waals surface area contributed by atoms with E-state index < -0.39 is 5.54 Å². The van der Waals surface area contributed by atoms with Gasteiger partial charge < -0.3 is 5.73 Å². The average molecular weight is 228 g/mol. The van der Waals surface area contributed by atoms with E-state index in [9.17, 15) is 4.79 Å². The van der Waals surface area contributed by atoms with Crippen molar-refractivity contribution in [2.45, 2.75) is 25.8 Å². The fraction of sp³-hybridized carbons (Fsp3) is 0.286. The maximum absolute atomic E-state index is 12.2. The van der Waals surface area contributed by atoms with Gasteiger partial charge >= 0.3 is 0 Å². The van der Waals surface area contributed by atoms with E-state index in [0.717, 1.165) is 10.9 Å². The number of aromatic nitrogens is 1. The maximum Gasteiger partial charge on any atom is 0.165 e. The molecule has 0 saturated heterocycles. The first kappa shape index (κ1) is 11.7. The van der Waals surface area contributed by atoms with Crippen LogP contribution in [0, 0.1) is 0 Å². The molecule has 3 nitrogen and oxygen atoms in total. The summed E-state index contributed by atoms with van der Waals surface area (Å²) in [5.41, 5.74) is 6.94. The Morgan fingerprint density at radius 1 is 1.29 bits per heavy atom. The minimum atomic E-state index is -0.485. The van der Waals surface area contributed by atoms with Crippen LogP contribution < -0.4 is 5.73 Å². The molecule has 0 fully saturated rings. The number of fused-ring (bicyclic) bond motifs is 1. The topological polar surface area (TPSA) is 56.0 Å². The highest BCUT2D eigenvalue weighted by atomic mass is 16.1. The third-order valence-corrected chi connectivity index (χ3v) is 2.56. The lowest BCUT2D eigenvalue weighted by molar-refractivity contribution is 0.0962. The van der Waals surface area contributed by atoms with Gasteiger partial charge in [-0.2, -0.15) is 0 Å². The third-order valence-electron chi connectivity index (χ3n) is 2.56. The molecule has 0 amide bonds. The zero-order valence-corrected chi connectivity index (χ0v) is 10.1. The molecule has 0 bridgehead atoms. The smallest absolute Gasteiger partial charge is 0.165 e. The van der Waals surface area contributed by atoms with Crippen LogP contribution in [0.25, 0.3) is 10.9 Å². The Kier molecular flexibility index (Phi) is 2.94. The van der Waals surface area contributed by atoms with Crippen LogP contribution in [0.15, 0.2) is 36.5 Å². The number of ketones is 1. The molecule has 0 aliphatic heterocycles. The van der Waals surface area contributed by atoms with E-state index in [-0.39, 0.29) is 5.78 Å². The number of pyridine rings is 1. The zero-order chi connectivity index (χ0) is 12.5. The highest BCUT2D eigenvalue weighted by Crippen LogP contribution is 2.20. The van der Waals surface area contributed by atoms with Crippen molar-refractivity contribution in [1.82, 2.24) is 4.98 Å². The van der Waals surface area contributed by atoms with Crippen LogP contribution in [0.1, 0.15) is 30.6 Å². The molecule has 88 valence electrons. The van der Waals surface area contributed by atoms with Crippen molar-refractivity contribution in [2.24, 2.45) is 5.73 Å². The molecule has 1 heterocycles. The Hall–Kier alpha value is -1.74. The molecule has 3 heteroatoms. The summed E-state index contributed by atoms with van der Waals surface area (Å²) in [5, 5.41) is 0.893. The van der Waals surface area contributed by atoms with E-state index in [4.69, 9.17) is 5.73 Å². The van der Waals surface area contributed by atoms with Gasteiger partial charge in [-0.05, 0) is 26.0 Å². The molecule has 0 aliphatic rings. The summed E-state index contributed by atoms with van der Waals surface area (Å²) in [4.78, 5) is 16.4. The standard InChI is InChI=1S/C14H16N2O/c1-14(2,15)9-13(17)11-5-3-7-12-10(11)6-4-8-16-12/h3-8H,9,15H2,1-2H3. The summed E-state index contributed by atoms with van der Waals surface area (Å²) in [5.74, 6) is 0.0658. The quantitative estimate of drug-likeness (QED) is 0.821. The van der Waals surface area contributed by atoms with Gasteiger partial charge in [0.25, 0.3) is 0 Å². The van der Waals surface area contributed by atoms with Crippen LogP contribution in [0.3, 0.4) is 0 Å². The molecular formula is C14H16N2O. The fourth-order valence-corrected chi connectivity index (χ4v) is 1.86. The monoisotopic (exact) mass is 228 g/mol. The predicted octanol–water partition coefficient (Wildman–Crippen LogP) is 2.54. The van der Waals surface area contributed by atoms with Crippen LogP contribution in [0.5, 0.6) is 0 Å². The lowest BCUT2D eigenvalue weighted by Crippen LogP contribution is -2.34. The first-order valence-corrected chi connectivity index (χ1v) is 5.63. The molecule has 1 aromatic carbocycles. The van der Waals surface area contributed by atoms with Crippen molar-refractivity contribution in [3.63, 3.8) is 0 Å². The van der Waals surface area contributed by atoms with Crippen LogP contribution in [0.4, 0.5) is 0 Å². The molecule has 0 radical (unpaired) electrons. The van der Waals surface area contributed by atoms with E-state index in [2.05, 4.69) is 4.98 Å². The van der Waals surface area contributed by atoms with Crippen molar-refractivity contribution >= 4 is 16.7 Å². The second-order valence-corrected chi connectivity index (χ2v) is 4.96. The van der Waals surface area contributed by atoms with Gasteiger partial charge in [0.05, 0.1) is 5.52 Å². The Bertz CT molecular complexity index is 550. The van der Waals surface area contributed by atoms with Crippen molar-refractivity contribution in [3.05, 3.63) is 42.1 Å². The van der Waals surface area contributed by atoms with Gasteiger partial charge in [0, 0.05) is 29.1 Å². The maximum atomic E-state index is 12.2. The molecule has 2 aromatic rings. The molecule has 0 aliphatic carbocycles. The highest BCUT2D eigenvalue weighted by Gasteiger charge is 2.19. The minimum absolute atomic E-state index is 0.0658. The minimum Gasteiger partial charge on any atom is -0.325 e. The van der Waals surface area contributed by atoms with Gasteiger partial charge in [0.1, 0.15) is 0 Å². The number of hydrogen-bond donors (Lipinski definition) is 1. The van der Waals surface area contributed by atoms with Gasteiger partial charge in [-0.25, -0.2) is 0 Å². The lowest BCUT2D eigenvalue weighted by atomic mass is 9.93. The van der Waals surface area contributed by atoms with E-state index in [0.29, 0.717) is 12.0 Å². The first-order valence-electron chi connectivity index (χ1n) is 5.63. The molecule has 0 unspecified atom stereocenters. The Labute approximate surface area is 101 Å². The summed E-state index contributed by atoms with van der Waals surface area (Å²) in [6.45, 7) is 3.71. The molecule has 1 aromatic heterocycles. The van der Waals surface area contributed by atoms with Crippen LogP contribution >= 0.6 is 0 Å². The fourth-order valence-electron chi connectivity index (χ4n) is 1.86. The number of carbonyl (C=O) groups excluding carboxylic acids is 1. The van der Waals surface area contributed by atoms with Crippen molar-refractivity contribution in [1.29, 1.82) is 0 Å². The number of rotatable bonds is 3. The molecule has 0 saturated carbocycles. The Morgan fingerprint density at radius 3 is 2.76 bits per heavy atom. The van der Waals surface area contributed by atoms with Gasteiger partial charge in [-0.15, -0.1) is 0 Å². The van der Waals surface area contributed by atoms with Gasteiger partial charge in [-0.1, -0.05) is 18.2 Å². The van der Waals surface area contributed by atoms with Crippen molar-refractivity contribution in [3.8, 4) is 0 Å². The highest BCUT2D eigenvalue weighted by molar-refractivity contribution is 6.07. The molecule has 0 spiro atoms. The molecular weight excluding hydrogens is 212 g/mol. The summed E-state index contributed by atoms with van der Waals surface area (Å²) in [6, 6.07) is 9.34. The van der Waals surface area contributed by atoms with Crippen molar-refractivity contribution < 1.29 is 4.79 Å². The molecule has 2 rings (SSSR count). The van der Waals surface area contributed by atoms with Crippen LogP contribution in [-0.2, 0) is 0 Å². The number of hydrogen-bond acceptors (Lipinski definition) is 3. The molecule has 0 atom stereocenters. The van der Waals surface area contributed by atoms with E-state index in [1.165, 1.54) is 0 Å². The number of nitrogens with zero attached hydrogens (tertiary/aromatic N) is 1. The number of benzene rings is 1. The Balaban J connectivity index is 2.45. The van der Waals surface area contributed by atoms with Gasteiger partial charge in [0.15, 0.2) is 5.78 Å². The Morgan fingerprint density at radius 2 is 2.06 bits per heavy atom. The summed E-state index contributed by atoms with van der Waals surface area (Å²) >= 11 is 0. The largest absolute Gasteiger partial charge is 0.325 e. The number of Topliss-reactive ketones (excluding diaryl/α,β-unsaturated/α-hetero) is 1. The summed E-state index contributed by atoms with van der Waals surface area (Å²) < 4.78 is 0. The van der Waals surface area contributed by atoms with Gasteiger partial charge in [0.2, 0.25) is 0 Å². The lowest BCUT2D eigenvalue weighted by Gasteiger charge is -2.17. The molecule has 2 N–H and O–H groups in total. The summed E-state index contributed by atoms with van der Waals surface area (Å²) in [7, 11) is 0. The normalized spacial score (nSPS) is 11.7. The van der Waals surface area contributed by atoms with Gasteiger partial charge in [-0.3, -0.25) is 9.78 Å². The number of nitrogens with two attached hydrogens (primary N) is 1. The van der Waals surface area contributed by atoms with Crippen LogP contribution in [0.2, 0.25) is 0 Å². The number of carbonyl (C=O) groups is 1. The van der Waals surface area contributed by atoms with E-state index >= 15 is 0 Å². The average Bonchev–Trinajstić information content (AvgIpc) is 2.26. The first-order chi connectivity index (χ1) is 7.97. The van der Waals surface area contributed by atoms with E-state index in [1.807, 2.05) is 44.2 Å². The van der Waals surface area contributed by atoms with E-state index in [1.54, 1.807) is 6.20 Å². The summed E-state index contributed by atoms with van der Waals surface area (Å²) in [6.07, 6.45) is 2.06. The SMILES string of the molecule is CC(C)(N)CC(=O)c1cccc2ncccc12. The second kappa shape index (κ2) is 4.26. The second-order valence-electron chi connectivity index (χ2n) is 4.96. The molecule has 17 heavy (non-hydrogen) atoms. The third kappa shape index (κ3) is 2.68. The van der Waals surface area contributed by atoms with Crippen LogP contribution in [-0.4, -0.2) is 16.3 Å². The predicted molar refractivity (Wildman–Crippen MR) is 69.0 cm³/mol. The zero-order valence-electron chi connectivity index (χ0n) is 10.1.